The summed E-state index contributed by atoms with van der Waals surface area (Å²) in [7, 11) is 1.25. The second-order valence-corrected chi connectivity index (χ2v) is 20.0. The van der Waals surface area contributed by atoms with Gasteiger partial charge in [0.2, 0.25) is 64.9 Å². The first-order chi connectivity index (χ1) is 36.1. The number of hydrogen-bond donors (Lipinski definition) is 10. The average Bonchev–Trinajstić information content (AvgIpc) is 4.19. The van der Waals surface area contributed by atoms with Crippen LogP contribution >= 0.6 is 0 Å². The molecule has 1 aromatic heterocycles. The fourth-order valence-electron chi connectivity index (χ4n) is 9.34. The maximum absolute atomic E-state index is 14.5. The third-order valence-corrected chi connectivity index (χ3v) is 13.8. The fraction of sp³-hybridized carbons (Fsp3) is 0.615. The van der Waals surface area contributed by atoms with Crippen LogP contribution < -0.4 is 48.3 Å². The number of benzene rings is 1. The molecule has 0 radical (unpaired) electrons. The molecule has 0 bridgehead atoms. The Hall–Kier alpha value is -7.40. The van der Waals surface area contributed by atoms with Gasteiger partial charge in [0.15, 0.2) is 0 Å². The maximum Gasteiger partial charge on any atom is 0.287 e. The summed E-state index contributed by atoms with van der Waals surface area (Å²) < 4.78 is 0. The molecule has 0 spiro atoms. The minimum atomic E-state index is -1.49. The number of rotatable bonds is 29. The molecule has 418 valence electrons. The van der Waals surface area contributed by atoms with Gasteiger partial charge in [-0.2, -0.15) is 0 Å². The summed E-state index contributed by atoms with van der Waals surface area (Å²) >= 11 is 0. The third kappa shape index (κ3) is 17.6. The van der Waals surface area contributed by atoms with Gasteiger partial charge in [-0.15, -0.1) is 0 Å². The minimum absolute atomic E-state index is 0.0840. The number of H-pyrrole nitrogens is 1. The number of carbonyl (C=O) groups is 12. The van der Waals surface area contributed by atoms with Gasteiger partial charge in [-0.25, -0.2) is 0 Å². The number of ketones is 1. The number of likely N-dealkylation sites (tertiary alicyclic amines) is 2. The highest BCUT2D eigenvalue weighted by molar-refractivity contribution is 6.36. The van der Waals surface area contributed by atoms with Crippen LogP contribution in [0.5, 0.6) is 0 Å². The summed E-state index contributed by atoms with van der Waals surface area (Å²) in [5.74, 6) is -9.03. The van der Waals surface area contributed by atoms with E-state index in [1.54, 1.807) is 13.1 Å². The van der Waals surface area contributed by atoms with Crippen molar-refractivity contribution >= 4 is 81.7 Å². The van der Waals surface area contributed by atoms with Crippen LogP contribution in [0.2, 0.25) is 0 Å². The number of likely N-dealkylation sites (N-methyl/N-ethyl adjacent to an activating group) is 1. The lowest BCUT2D eigenvalue weighted by atomic mass is 9.95. The Morgan fingerprint density at radius 1 is 0.724 bits per heavy atom. The molecule has 0 saturated carbocycles. The molecular formula is C52H78N12O12. The molecule has 24 heteroatoms. The summed E-state index contributed by atoms with van der Waals surface area (Å²) in [6.45, 7) is 9.89. The highest BCUT2D eigenvalue weighted by atomic mass is 16.2. The van der Waals surface area contributed by atoms with Crippen LogP contribution in [0.25, 0.3) is 10.9 Å². The average molecular weight is 1060 g/mol. The van der Waals surface area contributed by atoms with Crippen LogP contribution in [-0.4, -0.2) is 161 Å². The second kappa shape index (κ2) is 29.6. The summed E-state index contributed by atoms with van der Waals surface area (Å²) in [5, 5.41) is 21.5. The lowest BCUT2D eigenvalue weighted by molar-refractivity contribution is -0.143. The minimum Gasteiger partial charge on any atom is -0.368 e. The van der Waals surface area contributed by atoms with Gasteiger partial charge in [0.05, 0.1) is 13.1 Å². The highest BCUT2D eigenvalue weighted by Crippen LogP contribution is 2.23. The SMILES string of the molecule is CCCCC(NC(=O)C(CCC(=O)C(=O)NC)NC(=O)CNC(=O)[C@@H]1CCCN1C(=O)CNC(C)=O)C(=O)NC(C(=O)NC(CC(C)C)C(=O)N1CCC[C@H]1C(=O)NC(Cc1c[nH]c2ccccc12)C(N)=O)C(C)CC. The molecule has 0 aliphatic carbocycles. The zero-order valence-corrected chi connectivity index (χ0v) is 44.8. The quantitative estimate of drug-likeness (QED) is 0.0450. The van der Waals surface area contributed by atoms with Gasteiger partial charge >= 0.3 is 0 Å². The fourth-order valence-corrected chi connectivity index (χ4v) is 9.34. The number of amides is 11. The van der Waals surface area contributed by atoms with Gasteiger partial charge in [-0.05, 0) is 68.4 Å². The zero-order valence-electron chi connectivity index (χ0n) is 44.8. The number of aromatic amines is 1. The molecule has 76 heavy (non-hydrogen) atoms. The van der Waals surface area contributed by atoms with Gasteiger partial charge in [0, 0.05) is 57.0 Å². The van der Waals surface area contributed by atoms with E-state index in [0.29, 0.717) is 44.9 Å². The Bertz CT molecular complexity index is 2440. The molecular weight excluding hydrogens is 985 g/mol. The summed E-state index contributed by atoms with van der Waals surface area (Å²) in [5.41, 5.74) is 7.40. The molecule has 2 saturated heterocycles. The molecule has 11 amide bonds. The van der Waals surface area contributed by atoms with Crippen molar-refractivity contribution in [3.05, 3.63) is 36.0 Å². The van der Waals surface area contributed by atoms with E-state index in [4.69, 9.17) is 5.73 Å². The Morgan fingerprint density at radius 3 is 1.99 bits per heavy atom. The lowest BCUT2D eigenvalue weighted by Crippen LogP contribution is -2.61. The number of aromatic nitrogens is 1. The van der Waals surface area contributed by atoms with E-state index < -0.39 is 132 Å². The van der Waals surface area contributed by atoms with Crippen molar-refractivity contribution in [2.24, 2.45) is 17.6 Å². The van der Waals surface area contributed by atoms with Crippen molar-refractivity contribution in [1.82, 2.24) is 57.3 Å². The Labute approximate surface area is 443 Å². The predicted molar refractivity (Wildman–Crippen MR) is 279 cm³/mol. The Morgan fingerprint density at radius 2 is 1.36 bits per heavy atom. The van der Waals surface area contributed by atoms with Crippen molar-refractivity contribution in [3.63, 3.8) is 0 Å². The number of para-hydroxylation sites is 1. The first-order valence-electron chi connectivity index (χ1n) is 26.3. The van der Waals surface area contributed by atoms with E-state index in [1.165, 1.54) is 23.8 Å². The van der Waals surface area contributed by atoms with Gasteiger partial charge in [-0.1, -0.05) is 72.1 Å². The van der Waals surface area contributed by atoms with Crippen LogP contribution in [0.4, 0.5) is 0 Å². The normalized spacial score (nSPS) is 17.5. The third-order valence-electron chi connectivity index (χ3n) is 13.8. The number of Topliss-reactive ketones (excluding diaryl/α,β-unsaturated/α-hetero) is 1. The standard InChI is InChI=1S/C52H78N12O12/c1-8-10-16-35(59-46(70)36(20-21-41(66)50(74)54-7)58-42(67)27-57-48(72)39-18-13-22-63(39)43(68)28-55-31(6)65)47(71)62-44(30(5)9-2)51(75)61-38(24-29(3)4)52(76)64-23-14-19-40(64)49(73)60-37(45(53)69)25-32-26-56-34-17-12-11-15-33(32)34/h11-12,15,17,26,29-30,35-40,44,56H,8-10,13-14,16,18-25,27-28H2,1-7H3,(H2,53,69)(H,54,74)(H,55,65)(H,57,72)(H,58,67)(H,59,70)(H,60,73)(H,61,75)(H,62,71)/t30?,35?,36?,37?,38?,39-,40-,44?/m0/s1. The number of hydrogen-bond acceptors (Lipinski definition) is 12. The van der Waals surface area contributed by atoms with Crippen LogP contribution in [0.3, 0.4) is 0 Å². The first kappa shape index (κ1) is 61.1. The summed E-state index contributed by atoms with van der Waals surface area (Å²) in [6.07, 6.45) is 4.25. The van der Waals surface area contributed by atoms with Crippen molar-refractivity contribution in [3.8, 4) is 0 Å². The van der Waals surface area contributed by atoms with Crippen LogP contribution in [0.1, 0.15) is 118 Å². The predicted octanol–water partition coefficient (Wildman–Crippen LogP) is -0.768. The van der Waals surface area contributed by atoms with Gasteiger partial charge in [-0.3, -0.25) is 57.5 Å². The van der Waals surface area contributed by atoms with Crippen molar-refractivity contribution in [2.45, 2.75) is 161 Å². The zero-order chi connectivity index (χ0) is 56.2. The summed E-state index contributed by atoms with van der Waals surface area (Å²) in [6, 6.07) is -0.586. The molecule has 11 N–H and O–H groups in total. The lowest BCUT2D eigenvalue weighted by Gasteiger charge is -2.32. The highest BCUT2D eigenvalue weighted by Gasteiger charge is 2.41. The molecule has 2 aromatic rings. The second-order valence-electron chi connectivity index (χ2n) is 20.0. The molecule has 24 nitrogen and oxygen atoms in total. The van der Waals surface area contributed by atoms with Crippen LogP contribution in [0, 0.1) is 11.8 Å². The molecule has 2 aliphatic rings. The Balaban J connectivity index is 1.48. The molecule has 6 unspecified atom stereocenters. The van der Waals surface area contributed by atoms with Crippen molar-refractivity contribution in [2.75, 3.05) is 33.2 Å². The number of carbonyl (C=O) groups excluding carboxylic acids is 12. The van der Waals surface area contributed by atoms with Crippen LogP contribution in [-0.2, 0) is 64.0 Å². The number of fused-ring (bicyclic) bond motifs is 1. The summed E-state index contributed by atoms with van der Waals surface area (Å²) in [4.78, 5) is 165. The van der Waals surface area contributed by atoms with Crippen molar-refractivity contribution < 1.29 is 57.5 Å². The van der Waals surface area contributed by atoms with Crippen LogP contribution in [0.15, 0.2) is 30.5 Å². The number of nitrogens with zero attached hydrogens (tertiary/aromatic N) is 2. The van der Waals surface area contributed by atoms with E-state index in [1.807, 2.05) is 52.0 Å². The van der Waals surface area contributed by atoms with Crippen molar-refractivity contribution in [1.29, 1.82) is 0 Å². The molecule has 3 heterocycles. The molecule has 2 fully saturated rings. The first-order valence-corrected chi connectivity index (χ1v) is 26.3. The van der Waals surface area contributed by atoms with Gasteiger partial charge < -0.3 is 63.1 Å². The largest absolute Gasteiger partial charge is 0.368 e. The topological polar surface area (TPSA) is 349 Å². The van der Waals surface area contributed by atoms with E-state index in [-0.39, 0.29) is 51.2 Å². The van der Waals surface area contributed by atoms with E-state index in [0.717, 1.165) is 16.5 Å². The molecule has 1 aromatic carbocycles. The molecule has 8 atom stereocenters. The van der Waals surface area contributed by atoms with Gasteiger partial charge in [0.1, 0.15) is 42.3 Å². The number of nitrogens with one attached hydrogen (secondary N) is 9. The monoisotopic (exact) mass is 1060 g/mol. The van der Waals surface area contributed by atoms with E-state index in [2.05, 4.69) is 47.5 Å². The smallest absolute Gasteiger partial charge is 0.287 e. The maximum atomic E-state index is 14.5. The van der Waals surface area contributed by atoms with Gasteiger partial charge in [0.25, 0.3) is 5.91 Å². The van der Waals surface area contributed by atoms with E-state index >= 15 is 0 Å². The number of primary amides is 1. The number of nitrogens with two attached hydrogens (primary N) is 1. The molecule has 4 rings (SSSR count). The van der Waals surface area contributed by atoms with E-state index in [9.17, 15) is 57.5 Å². The number of unbranched alkanes of at least 4 members (excludes halogenated alkanes) is 1. The molecule has 2 aliphatic heterocycles. The Kier molecular flexibility index (Phi) is 23.8.